The first kappa shape index (κ1) is 18.0. The van der Waals surface area contributed by atoms with E-state index in [1.807, 2.05) is 18.4 Å². The molecule has 2 aliphatic rings. The van der Waals surface area contributed by atoms with Crippen LogP contribution in [0.2, 0.25) is 0 Å². The van der Waals surface area contributed by atoms with Gasteiger partial charge in [0.25, 0.3) is 0 Å². The summed E-state index contributed by atoms with van der Waals surface area (Å²) >= 11 is 1.62. The molecule has 0 radical (unpaired) electrons. The van der Waals surface area contributed by atoms with E-state index in [4.69, 9.17) is 10.7 Å². The van der Waals surface area contributed by atoms with Crippen LogP contribution in [0.4, 0.5) is 4.39 Å². The Labute approximate surface area is 142 Å². The highest BCUT2D eigenvalue weighted by Crippen LogP contribution is 2.36. The van der Waals surface area contributed by atoms with E-state index in [2.05, 4.69) is 18.1 Å². The van der Waals surface area contributed by atoms with Crippen LogP contribution < -0.4 is 5.73 Å². The number of thioether (sulfide) groups is 1. The van der Waals surface area contributed by atoms with Crippen molar-refractivity contribution in [2.45, 2.75) is 25.9 Å². The fourth-order valence-corrected chi connectivity index (χ4v) is 3.28. The van der Waals surface area contributed by atoms with Crippen molar-refractivity contribution in [1.82, 2.24) is 4.90 Å². The fraction of sp³-hybridized carbons (Fsp3) is 0.500. The van der Waals surface area contributed by atoms with Crippen LogP contribution in [0, 0.1) is 5.92 Å². The van der Waals surface area contributed by atoms with Gasteiger partial charge in [-0.25, -0.2) is 4.39 Å². The molecule has 0 aromatic rings. The molecule has 0 aliphatic carbocycles. The van der Waals surface area contributed by atoms with Crippen LogP contribution in [0.15, 0.2) is 52.1 Å². The van der Waals surface area contributed by atoms with E-state index in [-0.39, 0.29) is 0 Å². The highest BCUT2D eigenvalue weighted by molar-refractivity contribution is 8.03. The van der Waals surface area contributed by atoms with Crippen molar-refractivity contribution < 1.29 is 4.39 Å². The molecule has 2 aliphatic heterocycles. The number of fused-ring (bicyclic) bond motifs is 1. The molecule has 2 rings (SSSR count). The average Bonchev–Trinajstić information content (AvgIpc) is 2.96. The first-order valence-corrected chi connectivity index (χ1v) is 9.17. The quantitative estimate of drug-likeness (QED) is 0.722. The summed E-state index contributed by atoms with van der Waals surface area (Å²) in [5.41, 5.74) is 9.19. The van der Waals surface area contributed by atoms with Gasteiger partial charge in [-0.2, -0.15) is 0 Å². The highest BCUT2D eigenvalue weighted by atomic mass is 32.2. The van der Waals surface area contributed by atoms with Gasteiger partial charge in [-0.15, -0.1) is 11.8 Å². The van der Waals surface area contributed by atoms with Gasteiger partial charge in [-0.3, -0.25) is 4.99 Å². The monoisotopic (exact) mass is 335 g/mol. The Balaban J connectivity index is 2.24. The van der Waals surface area contributed by atoms with Crippen molar-refractivity contribution in [2.24, 2.45) is 16.6 Å². The summed E-state index contributed by atoms with van der Waals surface area (Å²) in [4.78, 5) is 7.93. The normalized spacial score (nSPS) is 22.3. The minimum atomic E-state index is -0.831. The molecule has 0 spiro atoms. The Morgan fingerprint density at radius 1 is 1.57 bits per heavy atom. The molecule has 2 atom stereocenters. The Bertz CT molecular complexity index is 575. The molecule has 1 saturated heterocycles. The lowest BCUT2D eigenvalue weighted by atomic mass is 9.99. The molecule has 5 heteroatoms. The van der Waals surface area contributed by atoms with Crippen molar-refractivity contribution >= 4 is 17.6 Å². The minimum Gasteiger partial charge on any atom is -0.330 e. The van der Waals surface area contributed by atoms with Gasteiger partial charge in [0.1, 0.15) is 12.0 Å². The molecule has 0 bridgehead atoms. The number of hydrogen-bond donors (Lipinski definition) is 1. The second-order valence-corrected chi connectivity index (χ2v) is 6.95. The summed E-state index contributed by atoms with van der Waals surface area (Å²) in [6.45, 7) is 12.0. The number of nitrogens with zero attached hydrogens (tertiary/aromatic N) is 2. The third-order valence-corrected chi connectivity index (χ3v) is 4.91. The molecule has 2 N–H and O–H groups in total. The van der Waals surface area contributed by atoms with E-state index < -0.39 is 6.17 Å². The Morgan fingerprint density at radius 3 is 2.91 bits per heavy atom. The van der Waals surface area contributed by atoms with Crippen LogP contribution in [0.25, 0.3) is 0 Å². The Morgan fingerprint density at radius 2 is 2.30 bits per heavy atom. The minimum absolute atomic E-state index is 0.411. The number of alkyl halides is 1. The van der Waals surface area contributed by atoms with Crippen molar-refractivity contribution in [1.29, 1.82) is 0 Å². The van der Waals surface area contributed by atoms with Gasteiger partial charge in [0.05, 0.1) is 6.54 Å². The predicted octanol–water partition coefficient (Wildman–Crippen LogP) is 3.67. The topological polar surface area (TPSA) is 41.6 Å². The van der Waals surface area contributed by atoms with Gasteiger partial charge < -0.3 is 10.6 Å². The van der Waals surface area contributed by atoms with Crippen LogP contribution in [0.1, 0.15) is 19.8 Å². The summed E-state index contributed by atoms with van der Waals surface area (Å²) in [6.07, 6.45) is 6.30. The predicted molar refractivity (Wildman–Crippen MR) is 99.3 cm³/mol. The second-order valence-electron chi connectivity index (χ2n) is 6.05. The maximum atomic E-state index is 12.9. The lowest BCUT2D eigenvalue weighted by Gasteiger charge is -2.29. The SMILES string of the molecule is C=C(/C=C\CC(C)F)C1=C2CC(CN)CN2C(C(=C)SC)=NC1. The third-order valence-electron chi connectivity index (χ3n) is 4.24. The van der Waals surface area contributed by atoms with Crippen LogP contribution >= 0.6 is 11.8 Å². The van der Waals surface area contributed by atoms with Gasteiger partial charge in [-0.05, 0) is 49.6 Å². The zero-order valence-electron chi connectivity index (χ0n) is 14.0. The van der Waals surface area contributed by atoms with Crippen LogP contribution in [-0.2, 0) is 0 Å². The zero-order valence-corrected chi connectivity index (χ0v) is 14.8. The second kappa shape index (κ2) is 7.97. The maximum absolute atomic E-state index is 12.9. The van der Waals surface area contributed by atoms with Crippen LogP contribution in [0.5, 0.6) is 0 Å². The van der Waals surface area contributed by atoms with Crippen molar-refractivity contribution in [3.8, 4) is 0 Å². The number of amidine groups is 1. The summed E-state index contributed by atoms with van der Waals surface area (Å²) in [6, 6.07) is 0. The summed E-state index contributed by atoms with van der Waals surface area (Å²) in [5.74, 6) is 1.39. The number of hydrogen-bond acceptors (Lipinski definition) is 4. The average molecular weight is 335 g/mol. The molecule has 0 aromatic heterocycles. The fourth-order valence-electron chi connectivity index (χ4n) is 2.92. The van der Waals surface area contributed by atoms with Gasteiger partial charge in [-0.1, -0.05) is 25.3 Å². The highest BCUT2D eigenvalue weighted by Gasteiger charge is 2.34. The molecule has 1 fully saturated rings. The molecule has 126 valence electrons. The molecule has 0 saturated carbocycles. The van der Waals surface area contributed by atoms with E-state index in [9.17, 15) is 4.39 Å². The molecule has 0 aromatic carbocycles. The standard InChI is InChI=1S/C18H26FN3S/c1-12(6-5-7-13(2)19)16-10-21-18(14(3)23-4)22-11-15(9-20)8-17(16)22/h5-6,13,15H,1,3,7-11,20H2,2,4H3/b6-5-. The van der Waals surface area contributed by atoms with E-state index >= 15 is 0 Å². The number of halogens is 1. The smallest absolute Gasteiger partial charge is 0.141 e. The first-order chi connectivity index (χ1) is 11.0. The van der Waals surface area contributed by atoms with Gasteiger partial charge in [0.15, 0.2) is 0 Å². The number of rotatable bonds is 7. The van der Waals surface area contributed by atoms with Crippen molar-refractivity contribution in [3.05, 3.63) is 47.1 Å². The van der Waals surface area contributed by atoms with Crippen molar-refractivity contribution in [3.63, 3.8) is 0 Å². The largest absolute Gasteiger partial charge is 0.330 e. The van der Waals surface area contributed by atoms with Gasteiger partial charge in [0.2, 0.25) is 0 Å². The van der Waals surface area contributed by atoms with Gasteiger partial charge in [0, 0.05) is 17.1 Å². The molecule has 3 nitrogen and oxygen atoms in total. The van der Waals surface area contributed by atoms with Gasteiger partial charge >= 0.3 is 0 Å². The molecular weight excluding hydrogens is 309 g/mol. The maximum Gasteiger partial charge on any atom is 0.141 e. The Hall–Kier alpha value is -1.33. The number of allylic oxidation sites excluding steroid dienone is 3. The molecule has 0 amide bonds. The summed E-state index contributed by atoms with van der Waals surface area (Å²) in [5, 5.41) is 0. The lowest BCUT2D eigenvalue weighted by Crippen LogP contribution is -2.33. The number of nitrogens with two attached hydrogens (primary N) is 1. The van der Waals surface area contributed by atoms with E-state index in [1.165, 1.54) is 5.70 Å². The van der Waals surface area contributed by atoms with Crippen LogP contribution in [0.3, 0.4) is 0 Å². The molecule has 2 unspecified atom stereocenters. The Kier molecular flexibility index (Phi) is 6.25. The van der Waals surface area contributed by atoms with E-state index in [0.29, 0.717) is 25.4 Å². The number of aliphatic imine (C=N–C) groups is 1. The summed E-state index contributed by atoms with van der Waals surface area (Å²) in [7, 11) is 0. The van der Waals surface area contributed by atoms with E-state index in [1.54, 1.807) is 18.7 Å². The van der Waals surface area contributed by atoms with Crippen molar-refractivity contribution in [2.75, 3.05) is 25.9 Å². The molecule has 23 heavy (non-hydrogen) atoms. The first-order valence-electron chi connectivity index (χ1n) is 7.95. The van der Waals surface area contributed by atoms with E-state index in [0.717, 1.165) is 34.9 Å². The zero-order chi connectivity index (χ0) is 17.0. The van der Waals surface area contributed by atoms with Crippen LogP contribution in [-0.4, -0.2) is 42.8 Å². The lowest BCUT2D eigenvalue weighted by molar-refractivity contribution is 0.365. The molecule has 2 heterocycles. The third kappa shape index (κ3) is 4.15. The summed E-state index contributed by atoms with van der Waals surface area (Å²) < 4.78 is 12.9. The molecular formula is C18H26FN3S.